The van der Waals surface area contributed by atoms with E-state index in [9.17, 15) is 4.79 Å². The first-order valence-corrected chi connectivity index (χ1v) is 4.82. The molecule has 1 aromatic carbocycles. The fraction of sp³-hybridized carbons (Fsp3) is 0.333. The summed E-state index contributed by atoms with van der Waals surface area (Å²) in [5.74, 6) is -0.879. The van der Waals surface area contributed by atoms with Crippen molar-refractivity contribution in [1.82, 2.24) is 0 Å². The van der Waals surface area contributed by atoms with Gasteiger partial charge in [-0.15, -0.1) is 0 Å². The number of hydrogen-bond donors (Lipinski definition) is 1. The fourth-order valence-electron chi connectivity index (χ4n) is 1.17. The number of carbonyl (C=O) groups excluding carboxylic acids is 1. The van der Waals surface area contributed by atoms with Gasteiger partial charge in [0.05, 0.1) is 6.07 Å². The summed E-state index contributed by atoms with van der Waals surface area (Å²) < 4.78 is 0. The minimum atomic E-state index is -0.620. The van der Waals surface area contributed by atoms with Crippen LogP contribution in [0.15, 0.2) is 18.2 Å². The van der Waals surface area contributed by atoms with Gasteiger partial charge in [0.1, 0.15) is 5.92 Å². The Morgan fingerprint density at radius 3 is 2.73 bits per heavy atom. The van der Waals surface area contributed by atoms with Gasteiger partial charge in [-0.25, -0.2) is 0 Å². The maximum absolute atomic E-state index is 11.5. The summed E-state index contributed by atoms with van der Waals surface area (Å²) in [5.41, 5.74) is 2.86. The van der Waals surface area contributed by atoms with Crippen LogP contribution in [0.1, 0.15) is 18.1 Å². The van der Waals surface area contributed by atoms with Gasteiger partial charge in [-0.05, 0) is 38.0 Å². The Hall–Kier alpha value is -1.82. The molecule has 1 N–H and O–H groups in total. The Morgan fingerprint density at radius 1 is 1.47 bits per heavy atom. The Balaban J connectivity index is 2.86. The maximum Gasteiger partial charge on any atom is 0.241 e. The van der Waals surface area contributed by atoms with Gasteiger partial charge in [-0.2, -0.15) is 5.26 Å². The summed E-state index contributed by atoms with van der Waals surface area (Å²) >= 11 is 0. The Morgan fingerprint density at radius 2 is 2.13 bits per heavy atom. The molecule has 1 rings (SSSR count). The van der Waals surface area contributed by atoms with E-state index >= 15 is 0 Å². The predicted octanol–water partition coefficient (Wildman–Crippen LogP) is 2.40. The van der Waals surface area contributed by atoms with E-state index in [0.717, 1.165) is 16.8 Å². The van der Waals surface area contributed by atoms with Crippen LogP contribution in [0, 0.1) is 31.1 Å². The largest absolute Gasteiger partial charge is 0.325 e. The Kier molecular flexibility index (Phi) is 3.46. The van der Waals surface area contributed by atoms with Crippen molar-refractivity contribution in [2.24, 2.45) is 5.92 Å². The van der Waals surface area contributed by atoms with Crippen molar-refractivity contribution in [3.05, 3.63) is 29.3 Å². The van der Waals surface area contributed by atoms with E-state index in [1.54, 1.807) is 6.92 Å². The van der Waals surface area contributed by atoms with E-state index in [0.29, 0.717) is 0 Å². The zero-order valence-electron chi connectivity index (χ0n) is 9.16. The third kappa shape index (κ3) is 2.81. The lowest BCUT2D eigenvalue weighted by molar-refractivity contribution is -0.117. The summed E-state index contributed by atoms with van der Waals surface area (Å²) in [4.78, 5) is 11.5. The molecule has 0 heterocycles. The van der Waals surface area contributed by atoms with Crippen LogP contribution in [0.5, 0.6) is 0 Å². The molecule has 3 nitrogen and oxygen atoms in total. The second kappa shape index (κ2) is 4.61. The van der Waals surface area contributed by atoms with E-state index in [-0.39, 0.29) is 5.91 Å². The normalized spacial score (nSPS) is 11.6. The average molecular weight is 202 g/mol. The molecule has 0 bridgehead atoms. The van der Waals surface area contributed by atoms with E-state index in [1.807, 2.05) is 38.1 Å². The SMILES string of the molecule is Cc1ccc(C)c(NC(=O)C(C)C#N)c1. The summed E-state index contributed by atoms with van der Waals surface area (Å²) in [5, 5.41) is 11.3. The van der Waals surface area contributed by atoms with Crippen molar-refractivity contribution in [1.29, 1.82) is 5.26 Å². The lowest BCUT2D eigenvalue weighted by Crippen LogP contribution is -2.19. The van der Waals surface area contributed by atoms with Crippen LogP contribution in [0.3, 0.4) is 0 Å². The van der Waals surface area contributed by atoms with Crippen LogP contribution >= 0.6 is 0 Å². The number of amides is 1. The van der Waals surface area contributed by atoms with Gasteiger partial charge in [0.25, 0.3) is 0 Å². The molecule has 0 aliphatic rings. The molecule has 0 saturated heterocycles. The van der Waals surface area contributed by atoms with Gasteiger partial charge in [0.2, 0.25) is 5.91 Å². The zero-order chi connectivity index (χ0) is 11.4. The molecular weight excluding hydrogens is 188 g/mol. The molecule has 1 aromatic rings. The number of anilines is 1. The van der Waals surface area contributed by atoms with Crippen LogP contribution in [-0.4, -0.2) is 5.91 Å². The van der Waals surface area contributed by atoms with E-state index in [4.69, 9.17) is 5.26 Å². The lowest BCUT2D eigenvalue weighted by atomic mass is 10.1. The maximum atomic E-state index is 11.5. The summed E-state index contributed by atoms with van der Waals surface area (Å²) in [7, 11) is 0. The Labute approximate surface area is 89.7 Å². The monoisotopic (exact) mass is 202 g/mol. The van der Waals surface area contributed by atoms with Crippen molar-refractivity contribution in [3.8, 4) is 6.07 Å². The number of nitrogens with zero attached hydrogens (tertiary/aromatic N) is 1. The molecule has 1 unspecified atom stereocenters. The van der Waals surface area contributed by atoms with Crippen LogP contribution in [0.4, 0.5) is 5.69 Å². The number of benzene rings is 1. The molecule has 0 radical (unpaired) electrons. The van der Waals surface area contributed by atoms with Crippen LogP contribution < -0.4 is 5.32 Å². The second-order valence-corrected chi connectivity index (χ2v) is 3.66. The van der Waals surface area contributed by atoms with Gasteiger partial charge in [0.15, 0.2) is 0 Å². The molecule has 0 aliphatic heterocycles. The van der Waals surface area contributed by atoms with Crippen LogP contribution in [0.2, 0.25) is 0 Å². The van der Waals surface area contributed by atoms with Crippen LogP contribution in [0.25, 0.3) is 0 Å². The number of nitriles is 1. The zero-order valence-corrected chi connectivity index (χ0v) is 9.16. The number of rotatable bonds is 2. The van der Waals surface area contributed by atoms with Crippen molar-refractivity contribution in [2.75, 3.05) is 5.32 Å². The highest BCUT2D eigenvalue weighted by atomic mass is 16.1. The van der Waals surface area contributed by atoms with Crippen molar-refractivity contribution < 1.29 is 4.79 Å². The molecule has 0 aromatic heterocycles. The Bertz CT molecular complexity index is 418. The van der Waals surface area contributed by atoms with E-state index in [1.165, 1.54) is 0 Å². The highest BCUT2D eigenvalue weighted by Gasteiger charge is 2.12. The average Bonchev–Trinajstić information content (AvgIpc) is 2.22. The molecule has 0 fully saturated rings. The quantitative estimate of drug-likeness (QED) is 0.800. The molecule has 1 atom stereocenters. The molecule has 3 heteroatoms. The standard InChI is InChI=1S/C12H14N2O/c1-8-4-5-9(2)11(6-8)14-12(15)10(3)7-13/h4-6,10H,1-3H3,(H,14,15). The summed E-state index contributed by atoms with van der Waals surface area (Å²) in [6, 6.07) is 7.74. The molecule has 0 saturated carbocycles. The predicted molar refractivity (Wildman–Crippen MR) is 59.3 cm³/mol. The lowest BCUT2D eigenvalue weighted by Gasteiger charge is -2.09. The van der Waals surface area contributed by atoms with Gasteiger partial charge in [-0.1, -0.05) is 12.1 Å². The molecule has 0 aliphatic carbocycles. The van der Waals surface area contributed by atoms with Gasteiger partial charge in [0, 0.05) is 5.69 Å². The first-order chi connectivity index (χ1) is 7.04. The fourth-order valence-corrected chi connectivity index (χ4v) is 1.17. The second-order valence-electron chi connectivity index (χ2n) is 3.66. The third-order valence-electron chi connectivity index (χ3n) is 2.24. The number of hydrogen-bond acceptors (Lipinski definition) is 2. The van der Waals surface area contributed by atoms with Gasteiger partial charge < -0.3 is 5.32 Å². The molecule has 1 amide bonds. The van der Waals surface area contributed by atoms with Crippen molar-refractivity contribution in [3.63, 3.8) is 0 Å². The first-order valence-electron chi connectivity index (χ1n) is 4.82. The number of aryl methyl sites for hydroxylation is 2. The smallest absolute Gasteiger partial charge is 0.241 e. The topological polar surface area (TPSA) is 52.9 Å². The first kappa shape index (κ1) is 11.3. The van der Waals surface area contributed by atoms with E-state index in [2.05, 4.69) is 5.32 Å². The van der Waals surface area contributed by atoms with Gasteiger partial charge >= 0.3 is 0 Å². The van der Waals surface area contributed by atoms with Crippen LogP contribution in [-0.2, 0) is 4.79 Å². The van der Waals surface area contributed by atoms with E-state index < -0.39 is 5.92 Å². The molecular formula is C12H14N2O. The highest BCUT2D eigenvalue weighted by Crippen LogP contribution is 2.16. The number of carbonyl (C=O) groups is 1. The third-order valence-corrected chi connectivity index (χ3v) is 2.24. The molecule has 78 valence electrons. The number of nitrogens with one attached hydrogen (secondary N) is 1. The molecule has 0 spiro atoms. The van der Waals surface area contributed by atoms with Crippen molar-refractivity contribution >= 4 is 11.6 Å². The summed E-state index contributed by atoms with van der Waals surface area (Å²) in [6.45, 7) is 5.47. The van der Waals surface area contributed by atoms with Gasteiger partial charge in [-0.3, -0.25) is 4.79 Å². The minimum absolute atomic E-state index is 0.258. The molecule has 15 heavy (non-hydrogen) atoms. The highest BCUT2D eigenvalue weighted by molar-refractivity contribution is 5.94. The summed E-state index contributed by atoms with van der Waals surface area (Å²) in [6.07, 6.45) is 0. The minimum Gasteiger partial charge on any atom is -0.325 e. The van der Waals surface area contributed by atoms with Crippen molar-refractivity contribution in [2.45, 2.75) is 20.8 Å².